The average molecular weight is 335 g/mol. The van der Waals surface area contributed by atoms with Crippen LogP contribution in [0.4, 0.5) is 14.5 Å². The second-order valence-electron chi connectivity index (χ2n) is 4.33. The third kappa shape index (κ3) is 3.03. The molecule has 1 N–H and O–H groups in total. The molecule has 98 valence electrons. The van der Waals surface area contributed by atoms with E-state index >= 15 is 0 Å². The summed E-state index contributed by atoms with van der Waals surface area (Å²) in [6, 6.07) is 2.45. The molecule has 2 nitrogen and oxygen atoms in total. The molecule has 0 saturated heterocycles. The number of nitrogens with zero attached hydrogens (tertiary/aromatic N) is 1. The molecular weight excluding hydrogens is 322 g/mol. The van der Waals surface area contributed by atoms with Crippen molar-refractivity contribution >= 4 is 38.5 Å². The molecule has 2 unspecified atom stereocenters. The molecule has 0 spiro atoms. The fourth-order valence-corrected chi connectivity index (χ4v) is 2.97. The normalized spacial score (nSPS) is 23.7. The average Bonchev–Trinajstić information content (AvgIpc) is 2.31. The summed E-state index contributed by atoms with van der Waals surface area (Å²) in [4.78, 5) is 4.44. The van der Waals surface area contributed by atoms with Crippen LogP contribution in [-0.4, -0.2) is 17.0 Å². The molecule has 1 aliphatic heterocycles. The van der Waals surface area contributed by atoms with Crippen LogP contribution in [0.1, 0.15) is 13.8 Å². The first-order chi connectivity index (χ1) is 8.47. The molecule has 0 aliphatic carbocycles. The first-order valence-electron chi connectivity index (χ1n) is 5.59. The molecule has 18 heavy (non-hydrogen) atoms. The van der Waals surface area contributed by atoms with Gasteiger partial charge in [0, 0.05) is 11.8 Å². The number of anilines is 1. The van der Waals surface area contributed by atoms with Gasteiger partial charge in [0.25, 0.3) is 0 Å². The van der Waals surface area contributed by atoms with E-state index in [1.807, 2.05) is 6.92 Å². The number of hydrogen-bond donors (Lipinski definition) is 1. The molecule has 0 bridgehead atoms. The van der Waals surface area contributed by atoms with Crippen LogP contribution in [0, 0.1) is 17.6 Å². The fourth-order valence-electron chi connectivity index (χ4n) is 1.50. The number of amidine groups is 1. The van der Waals surface area contributed by atoms with E-state index in [0.717, 1.165) is 11.8 Å². The maximum absolute atomic E-state index is 13.6. The van der Waals surface area contributed by atoms with Crippen molar-refractivity contribution in [3.8, 4) is 0 Å². The topological polar surface area (TPSA) is 24.4 Å². The molecule has 1 aromatic carbocycles. The summed E-state index contributed by atoms with van der Waals surface area (Å²) in [7, 11) is 0. The Balaban J connectivity index is 2.20. The van der Waals surface area contributed by atoms with Crippen molar-refractivity contribution in [2.75, 3.05) is 11.1 Å². The molecule has 0 saturated carbocycles. The lowest BCUT2D eigenvalue weighted by atomic mass is 10.1. The molecular formula is C12H13BrF2N2S. The van der Waals surface area contributed by atoms with E-state index in [2.05, 4.69) is 33.2 Å². The zero-order valence-electron chi connectivity index (χ0n) is 10.0. The SMILES string of the molecule is CC1CSC(Nc2cc(Br)c(F)cc2F)=NC1C. The number of rotatable bonds is 1. The number of hydrogen-bond acceptors (Lipinski definition) is 3. The van der Waals surface area contributed by atoms with Crippen molar-refractivity contribution in [1.82, 2.24) is 0 Å². The second-order valence-corrected chi connectivity index (χ2v) is 6.20. The highest BCUT2D eigenvalue weighted by atomic mass is 79.9. The minimum Gasteiger partial charge on any atom is -0.333 e. The Bertz CT molecular complexity index is 493. The van der Waals surface area contributed by atoms with Crippen molar-refractivity contribution in [1.29, 1.82) is 0 Å². The summed E-state index contributed by atoms with van der Waals surface area (Å²) >= 11 is 4.59. The van der Waals surface area contributed by atoms with E-state index in [1.165, 1.54) is 6.07 Å². The number of nitrogens with one attached hydrogen (secondary N) is 1. The quantitative estimate of drug-likeness (QED) is 0.775. The van der Waals surface area contributed by atoms with Crippen molar-refractivity contribution < 1.29 is 8.78 Å². The van der Waals surface area contributed by atoms with Gasteiger partial charge in [0.2, 0.25) is 0 Å². The predicted molar refractivity (Wildman–Crippen MR) is 76.2 cm³/mol. The van der Waals surface area contributed by atoms with Gasteiger partial charge in [-0.3, -0.25) is 4.99 Å². The van der Waals surface area contributed by atoms with E-state index in [9.17, 15) is 8.78 Å². The van der Waals surface area contributed by atoms with Gasteiger partial charge >= 0.3 is 0 Å². The summed E-state index contributed by atoms with van der Waals surface area (Å²) in [5.74, 6) is 0.214. The molecule has 0 aromatic heterocycles. The Hall–Kier alpha value is -0.620. The standard InChI is InChI=1S/C12H13BrF2N2S/c1-6-5-18-12(16-7(6)2)17-11-3-8(13)9(14)4-10(11)15/h3-4,6-7H,5H2,1-2H3,(H,16,17). The Morgan fingerprint density at radius 1 is 1.33 bits per heavy atom. The van der Waals surface area contributed by atoms with Crippen molar-refractivity contribution in [3.63, 3.8) is 0 Å². The van der Waals surface area contributed by atoms with Crippen LogP contribution < -0.4 is 5.32 Å². The molecule has 0 radical (unpaired) electrons. The van der Waals surface area contributed by atoms with Gasteiger partial charge in [0.1, 0.15) is 11.6 Å². The van der Waals surface area contributed by atoms with Gasteiger partial charge in [0.05, 0.1) is 16.2 Å². The lowest BCUT2D eigenvalue weighted by Gasteiger charge is -2.23. The number of halogens is 3. The third-order valence-corrected chi connectivity index (χ3v) is 4.66. The monoisotopic (exact) mass is 334 g/mol. The summed E-state index contributed by atoms with van der Waals surface area (Å²) in [6.45, 7) is 4.16. The van der Waals surface area contributed by atoms with Gasteiger partial charge in [-0.25, -0.2) is 8.78 Å². The highest BCUT2D eigenvalue weighted by Gasteiger charge is 2.20. The van der Waals surface area contributed by atoms with Crippen LogP contribution in [-0.2, 0) is 0 Å². The molecule has 1 aromatic rings. The Morgan fingerprint density at radius 3 is 2.72 bits per heavy atom. The molecule has 6 heteroatoms. The Labute approximate surface area is 117 Å². The minimum atomic E-state index is -0.620. The van der Waals surface area contributed by atoms with Gasteiger partial charge in [-0.05, 0) is 34.8 Å². The zero-order chi connectivity index (χ0) is 13.3. The minimum absolute atomic E-state index is 0.209. The Kier molecular flexibility index (Phi) is 4.27. The maximum Gasteiger partial charge on any atom is 0.161 e. The van der Waals surface area contributed by atoms with E-state index in [0.29, 0.717) is 11.1 Å². The van der Waals surface area contributed by atoms with Crippen LogP contribution in [0.3, 0.4) is 0 Å². The number of benzene rings is 1. The Morgan fingerprint density at radius 2 is 2.06 bits per heavy atom. The summed E-state index contributed by atoms with van der Waals surface area (Å²) in [5.41, 5.74) is 0.233. The van der Waals surface area contributed by atoms with E-state index < -0.39 is 11.6 Å². The van der Waals surface area contributed by atoms with Crippen molar-refractivity contribution in [2.45, 2.75) is 19.9 Å². The molecule has 0 fully saturated rings. The summed E-state index contributed by atoms with van der Waals surface area (Å²) in [5, 5.41) is 3.59. The third-order valence-electron chi connectivity index (χ3n) is 2.88. The second kappa shape index (κ2) is 5.57. The number of aliphatic imine (C=N–C) groups is 1. The van der Waals surface area contributed by atoms with Crippen molar-refractivity contribution in [2.24, 2.45) is 10.9 Å². The molecule has 0 amide bonds. The zero-order valence-corrected chi connectivity index (χ0v) is 12.4. The molecule has 2 rings (SSSR count). The number of thioether (sulfide) groups is 1. The fraction of sp³-hybridized carbons (Fsp3) is 0.417. The lowest BCUT2D eigenvalue weighted by Crippen LogP contribution is -2.25. The molecule has 2 atom stereocenters. The smallest absolute Gasteiger partial charge is 0.161 e. The lowest BCUT2D eigenvalue weighted by molar-refractivity contribution is 0.537. The summed E-state index contributed by atoms with van der Waals surface area (Å²) < 4.78 is 26.9. The van der Waals surface area contributed by atoms with Crippen molar-refractivity contribution in [3.05, 3.63) is 28.2 Å². The van der Waals surface area contributed by atoms with Gasteiger partial charge in [-0.1, -0.05) is 18.7 Å². The van der Waals surface area contributed by atoms with Gasteiger partial charge in [0.15, 0.2) is 5.17 Å². The van der Waals surface area contributed by atoms with E-state index in [-0.39, 0.29) is 16.2 Å². The van der Waals surface area contributed by atoms with E-state index in [4.69, 9.17) is 0 Å². The van der Waals surface area contributed by atoms with Gasteiger partial charge < -0.3 is 5.32 Å². The van der Waals surface area contributed by atoms with Gasteiger partial charge in [-0.2, -0.15) is 0 Å². The predicted octanol–water partition coefficient (Wildman–Crippen LogP) is 4.27. The largest absolute Gasteiger partial charge is 0.333 e. The molecule has 1 heterocycles. The highest BCUT2D eigenvalue weighted by Crippen LogP contribution is 2.27. The maximum atomic E-state index is 13.6. The van der Waals surface area contributed by atoms with Gasteiger partial charge in [-0.15, -0.1) is 0 Å². The van der Waals surface area contributed by atoms with E-state index in [1.54, 1.807) is 11.8 Å². The first-order valence-corrected chi connectivity index (χ1v) is 7.37. The van der Waals surface area contributed by atoms with Crippen LogP contribution >= 0.6 is 27.7 Å². The van der Waals surface area contributed by atoms with Crippen LogP contribution in [0.2, 0.25) is 0 Å². The highest BCUT2D eigenvalue weighted by molar-refractivity contribution is 9.10. The summed E-state index contributed by atoms with van der Waals surface area (Å²) in [6.07, 6.45) is 0. The van der Waals surface area contributed by atoms with Crippen LogP contribution in [0.5, 0.6) is 0 Å². The first kappa shape index (κ1) is 13.8. The van der Waals surface area contributed by atoms with Crippen LogP contribution in [0.15, 0.2) is 21.6 Å². The van der Waals surface area contributed by atoms with Crippen LogP contribution in [0.25, 0.3) is 0 Å². The molecule has 1 aliphatic rings.